The van der Waals surface area contributed by atoms with E-state index in [9.17, 15) is 5.11 Å². The lowest BCUT2D eigenvalue weighted by atomic mass is 10.3. The van der Waals surface area contributed by atoms with Crippen LogP contribution in [0.4, 0.5) is 5.82 Å². The molecule has 0 radical (unpaired) electrons. The van der Waals surface area contributed by atoms with Gasteiger partial charge in [0.15, 0.2) is 0 Å². The van der Waals surface area contributed by atoms with Gasteiger partial charge in [-0.05, 0) is 25.4 Å². The van der Waals surface area contributed by atoms with Crippen LogP contribution >= 0.6 is 11.6 Å². The van der Waals surface area contributed by atoms with Crippen molar-refractivity contribution in [3.05, 3.63) is 17.0 Å². The quantitative estimate of drug-likeness (QED) is 0.772. The molecule has 4 nitrogen and oxygen atoms in total. The van der Waals surface area contributed by atoms with Gasteiger partial charge in [-0.25, -0.2) is 9.97 Å². The molecule has 0 aliphatic carbocycles. The highest BCUT2D eigenvalue weighted by Gasteiger charge is 2.07. The maximum absolute atomic E-state index is 9.20. The molecule has 1 heterocycles. The Hall–Kier alpha value is -0.870. The predicted molar refractivity (Wildman–Crippen MR) is 56.7 cm³/mol. The lowest BCUT2D eigenvalue weighted by Gasteiger charge is -2.19. The van der Waals surface area contributed by atoms with Gasteiger partial charge in [-0.3, -0.25) is 0 Å². The number of halogens is 1. The fourth-order valence-electron chi connectivity index (χ4n) is 1.20. The molecule has 0 saturated heterocycles. The van der Waals surface area contributed by atoms with E-state index in [0.29, 0.717) is 6.54 Å². The molecule has 0 bridgehead atoms. The van der Waals surface area contributed by atoms with Crippen molar-refractivity contribution in [3.63, 3.8) is 0 Å². The van der Waals surface area contributed by atoms with Crippen LogP contribution in [0.2, 0.25) is 5.28 Å². The van der Waals surface area contributed by atoms with Crippen molar-refractivity contribution in [2.24, 2.45) is 0 Å². The molecule has 0 saturated carbocycles. The summed E-state index contributed by atoms with van der Waals surface area (Å²) in [6, 6.07) is 1.83. The predicted octanol–water partition coefficient (Wildman–Crippen LogP) is 1.26. The van der Waals surface area contributed by atoms with Crippen molar-refractivity contribution in [1.29, 1.82) is 0 Å². The smallest absolute Gasteiger partial charge is 0.224 e. The molecule has 5 heteroatoms. The van der Waals surface area contributed by atoms with Gasteiger partial charge in [0, 0.05) is 25.4 Å². The van der Waals surface area contributed by atoms with Crippen molar-refractivity contribution < 1.29 is 5.11 Å². The van der Waals surface area contributed by atoms with Crippen LogP contribution in [0.3, 0.4) is 0 Å². The fourth-order valence-corrected chi connectivity index (χ4v) is 1.42. The summed E-state index contributed by atoms with van der Waals surface area (Å²) in [7, 11) is 1.85. The minimum atomic E-state index is -0.394. The number of likely N-dealkylation sites (N-methyl/N-ethyl adjacent to an activating group) is 1. The highest BCUT2D eigenvalue weighted by atomic mass is 35.5. The van der Waals surface area contributed by atoms with E-state index in [-0.39, 0.29) is 5.28 Å². The van der Waals surface area contributed by atoms with Gasteiger partial charge in [-0.15, -0.1) is 0 Å². The molecular weight excluding hydrogens is 202 g/mol. The summed E-state index contributed by atoms with van der Waals surface area (Å²) in [5.74, 6) is 0.725. The van der Waals surface area contributed by atoms with E-state index < -0.39 is 6.10 Å². The van der Waals surface area contributed by atoms with E-state index >= 15 is 0 Å². The molecule has 1 atom stereocenters. The standard InChI is InChI=1S/C9H14ClN3O/c1-6-4-8(12-9(10)11-6)13(3)5-7(2)14/h4,7,14H,5H2,1-3H3. The number of nitrogens with zero attached hydrogens (tertiary/aromatic N) is 3. The fraction of sp³-hybridized carbons (Fsp3) is 0.556. The zero-order chi connectivity index (χ0) is 10.7. The molecule has 0 aliphatic heterocycles. The van der Waals surface area contributed by atoms with E-state index in [1.807, 2.05) is 24.9 Å². The summed E-state index contributed by atoms with van der Waals surface area (Å²) >= 11 is 5.72. The maximum atomic E-state index is 9.20. The normalized spacial score (nSPS) is 12.6. The molecule has 0 aromatic carbocycles. The summed E-state index contributed by atoms with van der Waals surface area (Å²) < 4.78 is 0. The summed E-state index contributed by atoms with van der Waals surface area (Å²) in [4.78, 5) is 9.86. The van der Waals surface area contributed by atoms with Gasteiger partial charge in [-0.1, -0.05) is 0 Å². The SMILES string of the molecule is Cc1cc(N(C)CC(C)O)nc(Cl)n1. The second kappa shape index (κ2) is 4.57. The van der Waals surface area contributed by atoms with Gasteiger partial charge in [0.05, 0.1) is 6.10 Å². The van der Waals surface area contributed by atoms with Crippen molar-refractivity contribution >= 4 is 17.4 Å². The Labute approximate surface area is 88.6 Å². The molecule has 1 N–H and O–H groups in total. The Morgan fingerprint density at radius 1 is 1.57 bits per heavy atom. The van der Waals surface area contributed by atoms with E-state index in [1.165, 1.54) is 0 Å². The molecule has 1 unspecified atom stereocenters. The third-order valence-corrected chi connectivity index (χ3v) is 1.91. The van der Waals surface area contributed by atoms with E-state index in [4.69, 9.17) is 11.6 Å². The second-order valence-corrected chi connectivity index (χ2v) is 3.70. The van der Waals surface area contributed by atoms with E-state index in [2.05, 4.69) is 9.97 Å². The number of aromatic nitrogens is 2. The van der Waals surface area contributed by atoms with Crippen LogP contribution in [0.25, 0.3) is 0 Å². The number of rotatable bonds is 3. The van der Waals surface area contributed by atoms with Crippen LogP contribution in [0, 0.1) is 6.92 Å². The first-order chi connectivity index (χ1) is 6.49. The first-order valence-electron chi connectivity index (χ1n) is 4.39. The van der Waals surface area contributed by atoms with Gasteiger partial charge in [0.1, 0.15) is 5.82 Å². The van der Waals surface area contributed by atoms with Gasteiger partial charge in [0.2, 0.25) is 5.28 Å². The minimum Gasteiger partial charge on any atom is -0.392 e. The number of hydrogen-bond donors (Lipinski definition) is 1. The first-order valence-corrected chi connectivity index (χ1v) is 4.77. The average molecular weight is 216 g/mol. The van der Waals surface area contributed by atoms with Crippen LogP contribution in [-0.4, -0.2) is 34.8 Å². The summed E-state index contributed by atoms with van der Waals surface area (Å²) in [6.45, 7) is 4.10. The number of aryl methyl sites for hydroxylation is 1. The molecule has 0 spiro atoms. The zero-order valence-electron chi connectivity index (χ0n) is 8.53. The average Bonchev–Trinajstić information content (AvgIpc) is 2.00. The second-order valence-electron chi connectivity index (χ2n) is 3.37. The van der Waals surface area contributed by atoms with Crippen molar-refractivity contribution in [3.8, 4) is 0 Å². The number of aliphatic hydroxyl groups excluding tert-OH is 1. The van der Waals surface area contributed by atoms with Gasteiger partial charge in [0.25, 0.3) is 0 Å². The molecular formula is C9H14ClN3O. The molecule has 1 aromatic heterocycles. The molecule has 14 heavy (non-hydrogen) atoms. The van der Waals surface area contributed by atoms with Crippen LogP contribution in [0.1, 0.15) is 12.6 Å². The number of anilines is 1. The van der Waals surface area contributed by atoms with Crippen LogP contribution in [-0.2, 0) is 0 Å². The van der Waals surface area contributed by atoms with Gasteiger partial charge in [-0.2, -0.15) is 0 Å². The molecule has 0 aliphatic rings. The van der Waals surface area contributed by atoms with E-state index in [0.717, 1.165) is 11.5 Å². The zero-order valence-corrected chi connectivity index (χ0v) is 9.28. The van der Waals surface area contributed by atoms with Crippen molar-refractivity contribution in [2.45, 2.75) is 20.0 Å². The topological polar surface area (TPSA) is 49.2 Å². The molecule has 1 rings (SSSR count). The summed E-state index contributed by atoms with van der Waals surface area (Å²) in [5, 5.41) is 9.44. The lowest BCUT2D eigenvalue weighted by Crippen LogP contribution is -2.27. The number of hydrogen-bond acceptors (Lipinski definition) is 4. The van der Waals surface area contributed by atoms with Crippen LogP contribution in [0.15, 0.2) is 6.07 Å². The van der Waals surface area contributed by atoms with Crippen molar-refractivity contribution in [1.82, 2.24) is 9.97 Å². The molecule has 78 valence electrons. The molecule has 0 amide bonds. The van der Waals surface area contributed by atoms with Crippen LogP contribution < -0.4 is 4.90 Å². The third-order valence-electron chi connectivity index (χ3n) is 1.74. The Balaban J connectivity index is 2.84. The first kappa shape index (κ1) is 11.2. The maximum Gasteiger partial charge on any atom is 0.224 e. The summed E-state index contributed by atoms with van der Waals surface area (Å²) in [5.41, 5.74) is 0.817. The van der Waals surface area contributed by atoms with Crippen LogP contribution in [0.5, 0.6) is 0 Å². The third kappa shape index (κ3) is 3.12. The molecule has 0 fully saturated rings. The Kier molecular flexibility index (Phi) is 3.66. The largest absolute Gasteiger partial charge is 0.392 e. The monoisotopic (exact) mass is 215 g/mol. The minimum absolute atomic E-state index is 0.234. The van der Waals surface area contributed by atoms with Gasteiger partial charge < -0.3 is 10.0 Å². The number of aliphatic hydroxyl groups is 1. The highest BCUT2D eigenvalue weighted by molar-refractivity contribution is 6.28. The Bertz CT molecular complexity index is 297. The Morgan fingerprint density at radius 3 is 2.71 bits per heavy atom. The molecule has 1 aromatic rings. The highest BCUT2D eigenvalue weighted by Crippen LogP contribution is 2.13. The van der Waals surface area contributed by atoms with Crippen molar-refractivity contribution in [2.75, 3.05) is 18.5 Å². The Morgan fingerprint density at radius 2 is 2.21 bits per heavy atom. The van der Waals surface area contributed by atoms with E-state index in [1.54, 1.807) is 6.92 Å². The summed E-state index contributed by atoms with van der Waals surface area (Å²) in [6.07, 6.45) is -0.394. The lowest BCUT2D eigenvalue weighted by molar-refractivity contribution is 0.201. The van der Waals surface area contributed by atoms with Gasteiger partial charge >= 0.3 is 0 Å².